The lowest BCUT2D eigenvalue weighted by Gasteiger charge is -2.11. The van der Waals surface area contributed by atoms with Gasteiger partial charge in [-0.05, 0) is 29.8 Å². The van der Waals surface area contributed by atoms with E-state index in [1.165, 1.54) is 36.0 Å². The van der Waals surface area contributed by atoms with E-state index in [0.717, 1.165) is 10.2 Å². The zero-order chi connectivity index (χ0) is 21.7. The second-order valence-electron chi connectivity index (χ2n) is 5.91. The first-order valence-electron chi connectivity index (χ1n) is 8.53. The molecule has 12 heteroatoms. The van der Waals surface area contributed by atoms with Gasteiger partial charge in [-0.3, -0.25) is 14.9 Å². The molecule has 156 valence electrons. The minimum absolute atomic E-state index is 0.0650. The number of thioether (sulfide) groups is 1. The van der Waals surface area contributed by atoms with Gasteiger partial charge in [0.1, 0.15) is 0 Å². The van der Waals surface area contributed by atoms with Crippen LogP contribution in [-0.4, -0.2) is 34.0 Å². The molecule has 0 saturated heterocycles. The van der Waals surface area contributed by atoms with E-state index in [2.05, 4.69) is 15.5 Å². The Morgan fingerprint density at radius 1 is 1.13 bits per heavy atom. The minimum Gasteiger partial charge on any atom is -0.493 e. The molecule has 1 heterocycles. The number of nitro benzene ring substituents is 1. The third kappa shape index (κ3) is 4.60. The van der Waals surface area contributed by atoms with Crippen LogP contribution in [0, 0.1) is 10.1 Å². The van der Waals surface area contributed by atoms with Crippen molar-refractivity contribution in [1.82, 2.24) is 14.9 Å². The maximum Gasteiger partial charge on any atom is 0.315 e. The number of nitrogens with zero attached hydrogens (tertiary/aromatic N) is 4. The van der Waals surface area contributed by atoms with E-state index in [4.69, 9.17) is 15.3 Å². The molecule has 0 radical (unpaired) electrons. The molecule has 0 aliphatic heterocycles. The molecule has 0 aliphatic rings. The van der Waals surface area contributed by atoms with Gasteiger partial charge in [0.05, 0.1) is 19.1 Å². The van der Waals surface area contributed by atoms with Crippen LogP contribution < -0.4 is 26.2 Å². The van der Waals surface area contributed by atoms with Crippen LogP contribution in [0.5, 0.6) is 11.5 Å². The van der Waals surface area contributed by atoms with Crippen LogP contribution >= 0.6 is 11.8 Å². The Bertz CT molecular complexity index is 1120. The van der Waals surface area contributed by atoms with Gasteiger partial charge >= 0.3 is 5.56 Å². The quantitative estimate of drug-likeness (QED) is 0.236. The Morgan fingerprint density at radius 3 is 2.47 bits per heavy atom. The summed E-state index contributed by atoms with van der Waals surface area (Å²) in [7, 11) is 3.11. The van der Waals surface area contributed by atoms with Crippen LogP contribution in [0.25, 0.3) is 0 Å². The maximum atomic E-state index is 12.5. The highest BCUT2D eigenvalue weighted by atomic mass is 32.2. The SMILES string of the molecule is COc1ccc(CSc2nnc(Nc3ccc([N+](=O)[O-])cc3)c(=O)n2N)cc1OC. The summed E-state index contributed by atoms with van der Waals surface area (Å²) in [6.07, 6.45) is 0. The normalized spacial score (nSPS) is 10.5. The molecule has 30 heavy (non-hydrogen) atoms. The standard InChI is InChI=1S/C18H18N6O5S/c1-28-14-8-3-11(9-15(14)29-2)10-30-18-22-21-16(17(25)23(18)19)20-12-4-6-13(7-5-12)24(26)27/h3-9H,10,19H2,1-2H3,(H,20,21). The molecule has 3 N–H and O–H groups in total. The number of non-ortho nitro benzene ring substituents is 1. The van der Waals surface area contributed by atoms with Crippen molar-refractivity contribution in [3.63, 3.8) is 0 Å². The van der Waals surface area contributed by atoms with E-state index in [-0.39, 0.29) is 16.7 Å². The van der Waals surface area contributed by atoms with Crippen molar-refractivity contribution in [2.75, 3.05) is 25.4 Å². The smallest absolute Gasteiger partial charge is 0.315 e. The van der Waals surface area contributed by atoms with Crippen molar-refractivity contribution in [2.24, 2.45) is 0 Å². The van der Waals surface area contributed by atoms with Crippen molar-refractivity contribution in [2.45, 2.75) is 10.9 Å². The summed E-state index contributed by atoms with van der Waals surface area (Å²) in [6.45, 7) is 0. The molecule has 0 unspecified atom stereocenters. The van der Waals surface area contributed by atoms with Crippen LogP contribution in [0.15, 0.2) is 52.4 Å². The lowest BCUT2D eigenvalue weighted by atomic mass is 10.2. The fourth-order valence-corrected chi connectivity index (χ4v) is 3.28. The third-order valence-electron chi connectivity index (χ3n) is 4.02. The zero-order valence-electron chi connectivity index (χ0n) is 16.1. The molecule has 0 aliphatic carbocycles. The summed E-state index contributed by atoms with van der Waals surface area (Å²) in [5, 5.41) is 21.6. The largest absolute Gasteiger partial charge is 0.493 e. The van der Waals surface area contributed by atoms with Gasteiger partial charge in [0, 0.05) is 23.6 Å². The van der Waals surface area contributed by atoms with Gasteiger partial charge in [0.2, 0.25) is 11.0 Å². The predicted octanol–water partition coefficient (Wildman–Crippen LogP) is 2.31. The molecule has 1 aromatic heterocycles. The number of anilines is 2. The summed E-state index contributed by atoms with van der Waals surface area (Å²) in [5.74, 6) is 7.46. The fraction of sp³-hybridized carbons (Fsp3) is 0.167. The molecule has 0 saturated carbocycles. The second-order valence-corrected chi connectivity index (χ2v) is 6.86. The van der Waals surface area contributed by atoms with Gasteiger partial charge in [-0.15, -0.1) is 10.2 Å². The summed E-state index contributed by atoms with van der Waals surface area (Å²) in [5.41, 5.74) is 0.709. The first-order chi connectivity index (χ1) is 14.4. The molecule has 0 spiro atoms. The van der Waals surface area contributed by atoms with Crippen molar-refractivity contribution >= 4 is 29.0 Å². The number of aromatic nitrogens is 3. The van der Waals surface area contributed by atoms with Gasteiger partial charge in [-0.25, -0.2) is 0 Å². The lowest BCUT2D eigenvalue weighted by molar-refractivity contribution is -0.384. The molecule has 11 nitrogen and oxygen atoms in total. The monoisotopic (exact) mass is 430 g/mol. The first-order valence-corrected chi connectivity index (χ1v) is 9.51. The molecule has 0 amide bonds. The number of hydrogen-bond acceptors (Lipinski definition) is 10. The number of nitrogens with two attached hydrogens (primary N) is 1. The van der Waals surface area contributed by atoms with Crippen LogP contribution in [0.2, 0.25) is 0 Å². The average Bonchev–Trinajstić information content (AvgIpc) is 2.76. The van der Waals surface area contributed by atoms with Gasteiger partial charge < -0.3 is 20.6 Å². The molecule has 0 fully saturated rings. The number of nitrogens with one attached hydrogen (secondary N) is 1. The highest BCUT2D eigenvalue weighted by Crippen LogP contribution is 2.30. The second kappa shape index (κ2) is 9.13. The van der Waals surface area contributed by atoms with Crippen molar-refractivity contribution in [3.05, 3.63) is 68.5 Å². The molecule has 0 atom stereocenters. The van der Waals surface area contributed by atoms with Gasteiger partial charge in [0.15, 0.2) is 11.5 Å². The number of benzene rings is 2. The Balaban J connectivity index is 1.73. The summed E-state index contributed by atoms with van der Waals surface area (Å²) in [6, 6.07) is 11.0. The Hall–Kier alpha value is -3.80. The zero-order valence-corrected chi connectivity index (χ0v) is 16.9. The molecule has 3 aromatic rings. The Kier molecular flexibility index (Phi) is 6.37. The van der Waals surface area contributed by atoms with E-state index in [9.17, 15) is 14.9 Å². The molecule has 2 aromatic carbocycles. The van der Waals surface area contributed by atoms with Crippen LogP contribution in [0.3, 0.4) is 0 Å². The summed E-state index contributed by atoms with van der Waals surface area (Å²) < 4.78 is 11.4. The fourth-order valence-electron chi connectivity index (χ4n) is 2.48. The first kappa shape index (κ1) is 20.9. The molecule has 3 rings (SSSR count). The van der Waals surface area contributed by atoms with Crippen molar-refractivity contribution < 1.29 is 14.4 Å². The number of hydrogen-bond donors (Lipinski definition) is 2. The topological polar surface area (TPSA) is 147 Å². The highest BCUT2D eigenvalue weighted by molar-refractivity contribution is 7.98. The minimum atomic E-state index is -0.585. The number of nitrogen functional groups attached to an aromatic ring is 1. The predicted molar refractivity (Wildman–Crippen MR) is 112 cm³/mol. The van der Waals surface area contributed by atoms with Crippen LogP contribution in [-0.2, 0) is 5.75 Å². The third-order valence-corrected chi connectivity index (χ3v) is 5.03. The number of rotatable bonds is 8. The van der Waals surface area contributed by atoms with E-state index < -0.39 is 10.5 Å². The average molecular weight is 430 g/mol. The highest BCUT2D eigenvalue weighted by Gasteiger charge is 2.13. The molecular formula is C18H18N6O5S. The number of nitro groups is 1. The summed E-state index contributed by atoms with van der Waals surface area (Å²) >= 11 is 1.23. The van der Waals surface area contributed by atoms with E-state index in [1.54, 1.807) is 20.3 Å². The molecule has 0 bridgehead atoms. The van der Waals surface area contributed by atoms with E-state index >= 15 is 0 Å². The van der Waals surface area contributed by atoms with Gasteiger partial charge in [-0.1, -0.05) is 17.8 Å². The van der Waals surface area contributed by atoms with Crippen LogP contribution in [0.4, 0.5) is 17.2 Å². The van der Waals surface area contributed by atoms with Crippen molar-refractivity contribution in [1.29, 1.82) is 0 Å². The van der Waals surface area contributed by atoms with Gasteiger partial charge in [-0.2, -0.15) is 4.68 Å². The van der Waals surface area contributed by atoms with Crippen LogP contribution in [0.1, 0.15) is 5.56 Å². The number of methoxy groups -OCH3 is 2. The van der Waals surface area contributed by atoms with Crippen molar-refractivity contribution in [3.8, 4) is 11.5 Å². The van der Waals surface area contributed by atoms with Gasteiger partial charge in [0.25, 0.3) is 5.69 Å². The lowest BCUT2D eigenvalue weighted by Crippen LogP contribution is -2.32. The Labute approximate surface area is 175 Å². The number of ether oxygens (including phenoxy) is 2. The molecular weight excluding hydrogens is 412 g/mol. The Morgan fingerprint density at radius 2 is 1.83 bits per heavy atom. The van der Waals surface area contributed by atoms with E-state index in [0.29, 0.717) is 22.9 Å². The maximum absolute atomic E-state index is 12.5. The van der Waals surface area contributed by atoms with E-state index in [1.807, 2.05) is 12.1 Å². The summed E-state index contributed by atoms with van der Waals surface area (Å²) in [4.78, 5) is 22.7.